The molecule has 3 amide bonds. The van der Waals surface area contributed by atoms with Crippen LogP contribution in [0.4, 0.5) is 10.5 Å². The molecule has 1 heterocycles. The summed E-state index contributed by atoms with van der Waals surface area (Å²) in [5, 5.41) is 6.28. The number of likely N-dealkylation sites (N-methyl/N-ethyl adjacent to an activating group) is 1. The van der Waals surface area contributed by atoms with E-state index >= 15 is 0 Å². The molecule has 12 nitrogen and oxygen atoms in total. The summed E-state index contributed by atoms with van der Waals surface area (Å²) in [5.74, 6) is 0.543. The highest BCUT2D eigenvalue weighted by atomic mass is 32.2. The van der Waals surface area contributed by atoms with E-state index in [-0.39, 0.29) is 18.7 Å². The molecular formula is C29H32N6O6S. The number of aromatic nitrogens is 2. The van der Waals surface area contributed by atoms with Crippen LogP contribution in [0.3, 0.4) is 0 Å². The normalized spacial score (nSPS) is 12.6. The van der Waals surface area contributed by atoms with Crippen molar-refractivity contribution in [2.75, 3.05) is 19.1 Å². The third-order valence-electron chi connectivity index (χ3n) is 6.32. The lowest BCUT2D eigenvalue weighted by atomic mass is 10.0. The number of rotatable bonds is 12. The van der Waals surface area contributed by atoms with Crippen LogP contribution in [-0.4, -0.2) is 50.7 Å². The molecule has 0 spiro atoms. The van der Waals surface area contributed by atoms with Gasteiger partial charge in [-0.3, -0.25) is 4.79 Å². The number of urea groups is 1. The van der Waals surface area contributed by atoms with Gasteiger partial charge in [0, 0.05) is 19.2 Å². The van der Waals surface area contributed by atoms with Crippen LogP contribution < -0.4 is 24.4 Å². The third kappa shape index (κ3) is 8.38. The van der Waals surface area contributed by atoms with Crippen LogP contribution in [0.5, 0.6) is 5.75 Å². The molecule has 0 saturated carbocycles. The first-order chi connectivity index (χ1) is 20.1. The van der Waals surface area contributed by atoms with E-state index in [1.807, 2.05) is 65.4 Å². The van der Waals surface area contributed by atoms with Gasteiger partial charge in [-0.15, -0.1) is 0 Å². The molecule has 220 valence electrons. The summed E-state index contributed by atoms with van der Waals surface area (Å²) in [5.41, 5.74) is 2.14. The summed E-state index contributed by atoms with van der Waals surface area (Å²) in [7, 11) is -1.33. The van der Waals surface area contributed by atoms with Crippen molar-refractivity contribution >= 4 is 27.8 Å². The van der Waals surface area contributed by atoms with Crippen molar-refractivity contribution in [3.8, 4) is 5.75 Å². The third-order valence-corrected chi connectivity index (χ3v) is 7.37. The zero-order valence-electron chi connectivity index (χ0n) is 23.4. The molecule has 0 saturated heterocycles. The van der Waals surface area contributed by atoms with Gasteiger partial charge >= 0.3 is 16.2 Å². The van der Waals surface area contributed by atoms with Gasteiger partial charge in [0.05, 0.1) is 7.11 Å². The van der Waals surface area contributed by atoms with Crippen LogP contribution in [0.2, 0.25) is 0 Å². The fourth-order valence-electron chi connectivity index (χ4n) is 4.23. The number of hydrogen-bond acceptors (Lipinski definition) is 8. The van der Waals surface area contributed by atoms with Crippen LogP contribution in [0.15, 0.2) is 89.5 Å². The number of anilines is 1. The highest BCUT2D eigenvalue weighted by Crippen LogP contribution is 2.20. The Balaban J connectivity index is 1.50. The summed E-state index contributed by atoms with van der Waals surface area (Å²) in [4.78, 5) is 32.1. The lowest BCUT2D eigenvalue weighted by molar-refractivity contribution is -0.120. The first kappa shape index (κ1) is 30.2. The van der Waals surface area contributed by atoms with Gasteiger partial charge in [0.25, 0.3) is 0 Å². The highest BCUT2D eigenvalue weighted by Gasteiger charge is 2.29. The average Bonchev–Trinajstić information content (AvgIpc) is 3.42. The number of ether oxygens (including phenoxy) is 1. The predicted molar refractivity (Wildman–Crippen MR) is 156 cm³/mol. The number of benzene rings is 3. The van der Waals surface area contributed by atoms with Crippen molar-refractivity contribution in [1.82, 2.24) is 24.9 Å². The number of nitrogens with one attached hydrogen (secondary N) is 3. The molecule has 0 aliphatic heterocycles. The van der Waals surface area contributed by atoms with E-state index in [0.717, 1.165) is 11.1 Å². The molecule has 0 bridgehead atoms. The zero-order chi connectivity index (χ0) is 30.1. The SMILES string of the molecule is COc1ccc(N(C)C(=O)[C@H](Cc2ccccc2)NC(=O)NS(=O)(=O)N[C@@H](Cc2ccccc2)c2nc(C)no2)cc1. The van der Waals surface area contributed by atoms with Crippen LogP contribution in [0.25, 0.3) is 0 Å². The van der Waals surface area contributed by atoms with Gasteiger partial charge in [0.1, 0.15) is 17.8 Å². The maximum absolute atomic E-state index is 13.5. The number of aryl methyl sites for hydroxylation is 1. The highest BCUT2D eigenvalue weighted by molar-refractivity contribution is 7.88. The number of carbonyl (C=O) groups excluding carboxylic acids is 2. The lowest BCUT2D eigenvalue weighted by Gasteiger charge is -2.25. The minimum absolute atomic E-state index is 0.0420. The molecule has 0 fully saturated rings. The maximum Gasteiger partial charge on any atom is 0.330 e. The Labute approximate surface area is 244 Å². The molecule has 13 heteroatoms. The standard InChI is InChI=1S/C29H32N6O6S/c1-20-30-27(41-32-20)25(18-21-10-6-4-7-11-21)33-42(38,39)34-29(37)31-26(19-22-12-8-5-9-13-22)28(36)35(2)23-14-16-24(40-3)17-15-23/h4-17,25-26,33H,18-19H2,1-3H3,(H2,31,34,37)/t25-,26-/m0/s1. The summed E-state index contributed by atoms with van der Waals surface area (Å²) in [6.45, 7) is 1.61. The van der Waals surface area contributed by atoms with Gasteiger partial charge in [-0.1, -0.05) is 65.8 Å². The van der Waals surface area contributed by atoms with Crippen molar-refractivity contribution in [3.63, 3.8) is 0 Å². The summed E-state index contributed by atoms with van der Waals surface area (Å²) >= 11 is 0. The first-order valence-corrected chi connectivity index (χ1v) is 14.5. The lowest BCUT2D eigenvalue weighted by Crippen LogP contribution is -2.54. The van der Waals surface area contributed by atoms with Crippen molar-refractivity contribution in [3.05, 3.63) is 108 Å². The Bertz CT molecular complexity index is 1580. The van der Waals surface area contributed by atoms with Crippen LogP contribution in [0.1, 0.15) is 28.9 Å². The van der Waals surface area contributed by atoms with Gasteiger partial charge in [-0.25, -0.2) is 9.52 Å². The predicted octanol–water partition coefficient (Wildman–Crippen LogP) is 3.08. The molecular weight excluding hydrogens is 560 g/mol. The number of methoxy groups -OCH3 is 1. The van der Waals surface area contributed by atoms with Crippen molar-refractivity contribution < 1.29 is 27.3 Å². The van der Waals surface area contributed by atoms with E-state index in [9.17, 15) is 18.0 Å². The molecule has 4 rings (SSSR count). The zero-order valence-corrected chi connectivity index (χ0v) is 24.2. The van der Waals surface area contributed by atoms with E-state index in [1.165, 1.54) is 12.0 Å². The smallest absolute Gasteiger partial charge is 0.330 e. The maximum atomic E-state index is 13.5. The molecule has 0 radical (unpaired) electrons. The quantitative estimate of drug-likeness (QED) is 0.227. The second-order valence-electron chi connectivity index (χ2n) is 9.46. The number of nitrogens with zero attached hydrogens (tertiary/aromatic N) is 3. The van der Waals surface area contributed by atoms with Crippen LogP contribution >= 0.6 is 0 Å². The molecule has 3 aromatic carbocycles. The Hall–Kier alpha value is -4.75. The summed E-state index contributed by atoms with van der Waals surface area (Å²) in [6.07, 6.45) is 0.311. The minimum atomic E-state index is -4.44. The number of carbonyl (C=O) groups is 2. The minimum Gasteiger partial charge on any atom is -0.497 e. The molecule has 3 N–H and O–H groups in total. The molecule has 1 aromatic heterocycles. The molecule has 0 unspecified atom stereocenters. The molecule has 2 atom stereocenters. The molecule has 4 aromatic rings. The second-order valence-corrected chi connectivity index (χ2v) is 10.9. The summed E-state index contributed by atoms with van der Waals surface area (Å²) < 4.78 is 40.9. The Kier molecular flexibility index (Phi) is 9.89. The average molecular weight is 593 g/mol. The van der Waals surface area contributed by atoms with Crippen molar-refractivity contribution in [2.24, 2.45) is 0 Å². The Morgan fingerprint density at radius 1 is 0.929 bits per heavy atom. The number of hydrogen-bond donors (Lipinski definition) is 3. The Morgan fingerprint density at radius 3 is 2.07 bits per heavy atom. The van der Waals surface area contributed by atoms with Crippen LogP contribution in [0, 0.1) is 6.92 Å². The van der Waals surface area contributed by atoms with Crippen molar-refractivity contribution in [1.29, 1.82) is 0 Å². The molecule has 42 heavy (non-hydrogen) atoms. The summed E-state index contributed by atoms with van der Waals surface area (Å²) in [6, 6.07) is 21.9. The van der Waals surface area contributed by atoms with E-state index in [1.54, 1.807) is 38.2 Å². The van der Waals surface area contributed by atoms with Gasteiger partial charge in [0.2, 0.25) is 11.8 Å². The largest absolute Gasteiger partial charge is 0.497 e. The van der Waals surface area contributed by atoms with E-state index in [2.05, 4.69) is 20.2 Å². The Morgan fingerprint density at radius 2 is 1.52 bits per heavy atom. The van der Waals surface area contributed by atoms with E-state index in [0.29, 0.717) is 17.3 Å². The van der Waals surface area contributed by atoms with Gasteiger partial charge < -0.3 is 19.5 Å². The van der Waals surface area contributed by atoms with E-state index in [4.69, 9.17) is 9.26 Å². The molecule has 0 aliphatic rings. The monoisotopic (exact) mass is 592 g/mol. The van der Waals surface area contributed by atoms with Gasteiger partial charge in [-0.2, -0.15) is 18.1 Å². The van der Waals surface area contributed by atoms with Gasteiger partial charge in [-0.05, 0) is 48.7 Å². The van der Waals surface area contributed by atoms with Crippen molar-refractivity contribution in [2.45, 2.75) is 31.8 Å². The topological polar surface area (TPSA) is 156 Å². The fraction of sp³-hybridized carbons (Fsp3) is 0.241. The molecule has 0 aliphatic carbocycles. The van der Waals surface area contributed by atoms with Gasteiger partial charge in [0.15, 0.2) is 5.82 Å². The fourth-order valence-corrected chi connectivity index (χ4v) is 5.15. The van der Waals surface area contributed by atoms with E-state index < -0.39 is 34.2 Å². The first-order valence-electron chi connectivity index (χ1n) is 13.0. The van der Waals surface area contributed by atoms with Crippen LogP contribution in [-0.2, 0) is 27.8 Å². The number of amides is 3. The second kappa shape index (κ2) is 13.7.